The van der Waals surface area contributed by atoms with Crippen molar-refractivity contribution < 1.29 is 5.11 Å². The summed E-state index contributed by atoms with van der Waals surface area (Å²) in [4.78, 5) is 2.81. The first kappa shape index (κ1) is 10.3. The highest BCUT2D eigenvalue weighted by Crippen LogP contribution is 2.17. The van der Waals surface area contributed by atoms with E-state index in [2.05, 4.69) is 4.98 Å². The van der Waals surface area contributed by atoms with Crippen LogP contribution in [-0.2, 0) is 0 Å². The van der Waals surface area contributed by atoms with Crippen molar-refractivity contribution in [3.8, 4) is 5.88 Å². The highest BCUT2D eigenvalue weighted by Gasteiger charge is 1.94. The van der Waals surface area contributed by atoms with Crippen molar-refractivity contribution in [1.29, 1.82) is 0 Å². The average molecular weight is 211 g/mol. The number of nitrogens with one attached hydrogen (secondary N) is 1. The topological polar surface area (TPSA) is 36.0 Å². The lowest BCUT2D eigenvalue weighted by Crippen LogP contribution is -1.62. The van der Waals surface area contributed by atoms with Gasteiger partial charge < -0.3 is 10.1 Å². The molecule has 1 aromatic heterocycles. The van der Waals surface area contributed by atoms with Gasteiger partial charge in [-0.05, 0) is 6.07 Å². The van der Waals surface area contributed by atoms with Gasteiger partial charge in [-0.25, -0.2) is 0 Å². The quantitative estimate of drug-likeness (QED) is 0.586. The van der Waals surface area contributed by atoms with Crippen LogP contribution in [0.2, 0.25) is 0 Å². The first-order valence-electron chi connectivity index (χ1n) is 5.13. The summed E-state index contributed by atoms with van der Waals surface area (Å²) in [5, 5.41) is 10.0. The van der Waals surface area contributed by atoms with E-state index in [1.807, 2.05) is 60.7 Å². The Morgan fingerprint density at radius 3 is 1.88 bits per heavy atom. The van der Waals surface area contributed by atoms with Gasteiger partial charge in [0.15, 0.2) is 5.88 Å². The lowest BCUT2D eigenvalue weighted by molar-refractivity contribution is 0.458. The van der Waals surface area contributed by atoms with Crippen molar-refractivity contribution in [2.24, 2.45) is 0 Å². The molecule has 0 amide bonds. The standard InChI is InChI=1S/C8H7NO.C6H6/c10-8-5-6-3-1-2-4-7(6)9-8;1-2-4-6-5-3-1/h1-5,9-10H;1-6H. The first-order chi connectivity index (χ1) is 7.86. The predicted molar refractivity (Wildman–Crippen MR) is 66.4 cm³/mol. The lowest BCUT2D eigenvalue weighted by Gasteiger charge is -1.83. The van der Waals surface area contributed by atoms with Gasteiger partial charge >= 0.3 is 0 Å². The summed E-state index contributed by atoms with van der Waals surface area (Å²) >= 11 is 0. The van der Waals surface area contributed by atoms with Gasteiger partial charge in [0.1, 0.15) is 0 Å². The van der Waals surface area contributed by atoms with Crippen LogP contribution in [-0.4, -0.2) is 10.1 Å². The fraction of sp³-hybridized carbons (Fsp3) is 0. The minimum absolute atomic E-state index is 0.223. The van der Waals surface area contributed by atoms with Crippen LogP contribution in [0.3, 0.4) is 0 Å². The van der Waals surface area contributed by atoms with Gasteiger partial charge in [-0.15, -0.1) is 0 Å². The molecule has 0 aliphatic rings. The monoisotopic (exact) mass is 211 g/mol. The number of H-pyrrole nitrogens is 1. The molecular weight excluding hydrogens is 198 g/mol. The summed E-state index contributed by atoms with van der Waals surface area (Å²) < 4.78 is 0. The van der Waals surface area contributed by atoms with Crippen LogP contribution >= 0.6 is 0 Å². The van der Waals surface area contributed by atoms with Crippen molar-refractivity contribution in [2.75, 3.05) is 0 Å². The van der Waals surface area contributed by atoms with Gasteiger partial charge in [0.05, 0.1) is 0 Å². The van der Waals surface area contributed by atoms with Crippen LogP contribution in [0.25, 0.3) is 10.9 Å². The Morgan fingerprint density at radius 2 is 1.31 bits per heavy atom. The third-order valence-electron chi connectivity index (χ3n) is 2.18. The second-order valence-electron chi connectivity index (χ2n) is 3.40. The molecule has 2 aromatic carbocycles. The Kier molecular flexibility index (Phi) is 3.24. The first-order valence-corrected chi connectivity index (χ1v) is 5.13. The van der Waals surface area contributed by atoms with Gasteiger partial charge in [0.25, 0.3) is 0 Å². The van der Waals surface area contributed by atoms with E-state index in [1.165, 1.54) is 0 Å². The van der Waals surface area contributed by atoms with E-state index in [1.54, 1.807) is 6.07 Å². The lowest BCUT2D eigenvalue weighted by atomic mass is 10.3. The maximum absolute atomic E-state index is 9.00. The molecule has 2 nitrogen and oxygen atoms in total. The molecule has 0 saturated carbocycles. The molecule has 1 heterocycles. The molecule has 0 bridgehead atoms. The van der Waals surface area contributed by atoms with Crippen LogP contribution in [0.1, 0.15) is 0 Å². The molecule has 0 spiro atoms. The molecule has 0 radical (unpaired) electrons. The second-order valence-corrected chi connectivity index (χ2v) is 3.40. The molecule has 2 heteroatoms. The zero-order valence-electron chi connectivity index (χ0n) is 8.80. The number of fused-ring (bicyclic) bond motifs is 1. The number of benzene rings is 2. The van der Waals surface area contributed by atoms with Crippen LogP contribution in [0, 0.1) is 0 Å². The van der Waals surface area contributed by atoms with Gasteiger partial charge in [-0.2, -0.15) is 0 Å². The maximum atomic E-state index is 9.00. The van der Waals surface area contributed by atoms with Crippen molar-refractivity contribution in [3.05, 3.63) is 66.7 Å². The molecule has 0 aliphatic heterocycles. The van der Waals surface area contributed by atoms with Crippen LogP contribution in [0.4, 0.5) is 0 Å². The zero-order chi connectivity index (χ0) is 11.2. The molecule has 0 atom stereocenters. The van der Waals surface area contributed by atoms with E-state index in [0.717, 1.165) is 10.9 Å². The molecule has 0 unspecified atom stereocenters. The SMILES string of the molecule is Oc1cc2ccccc2[nH]1.c1ccccc1. The minimum atomic E-state index is 0.223. The Labute approximate surface area is 94.2 Å². The van der Waals surface area contributed by atoms with Crippen LogP contribution in [0.5, 0.6) is 5.88 Å². The van der Waals surface area contributed by atoms with E-state index in [9.17, 15) is 0 Å². The Balaban J connectivity index is 0.000000138. The van der Waals surface area contributed by atoms with Gasteiger partial charge in [0.2, 0.25) is 0 Å². The van der Waals surface area contributed by atoms with Crippen molar-refractivity contribution >= 4 is 10.9 Å². The summed E-state index contributed by atoms with van der Waals surface area (Å²) in [6.45, 7) is 0. The number of aromatic hydroxyl groups is 1. The summed E-state index contributed by atoms with van der Waals surface area (Å²) in [5.41, 5.74) is 0.972. The Morgan fingerprint density at radius 1 is 0.750 bits per heavy atom. The van der Waals surface area contributed by atoms with E-state index < -0.39 is 0 Å². The van der Waals surface area contributed by atoms with Crippen molar-refractivity contribution in [2.45, 2.75) is 0 Å². The van der Waals surface area contributed by atoms with Gasteiger partial charge in [0, 0.05) is 17.0 Å². The zero-order valence-corrected chi connectivity index (χ0v) is 8.80. The van der Waals surface area contributed by atoms with E-state index in [4.69, 9.17) is 5.11 Å². The van der Waals surface area contributed by atoms with Gasteiger partial charge in [-0.3, -0.25) is 0 Å². The molecule has 0 fully saturated rings. The molecule has 3 aromatic rings. The molecule has 3 rings (SSSR count). The fourth-order valence-electron chi connectivity index (χ4n) is 1.44. The maximum Gasteiger partial charge on any atom is 0.189 e. The molecule has 2 N–H and O–H groups in total. The number of aromatic amines is 1. The van der Waals surface area contributed by atoms with E-state index in [0.29, 0.717) is 0 Å². The average Bonchev–Trinajstić information content (AvgIpc) is 2.72. The smallest absolute Gasteiger partial charge is 0.189 e. The molecular formula is C14H13NO. The highest BCUT2D eigenvalue weighted by atomic mass is 16.3. The molecule has 16 heavy (non-hydrogen) atoms. The number of rotatable bonds is 0. The summed E-state index contributed by atoms with van der Waals surface area (Å²) in [6, 6.07) is 21.4. The minimum Gasteiger partial charge on any atom is -0.495 e. The number of para-hydroxylation sites is 1. The third kappa shape index (κ3) is 2.64. The Hall–Kier alpha value is -2.22. The van der Waals surface area contributed by atoms with E-state index in [-0.39, 0.29) is 5.88 Å². The number of hydrogen-bond donors (Lipinski definition) is 2. The fourth-order valence-corrected chi connectivity index (χ4v) is 1.44. The highest BCUT2D eigenvalue weighted by molar-refractivity contribution is 5.80. The largest absolute Gasteiger partial charge is 0.495 e. The third-order valence-corrected chi connectivity index (χ3v) is 2.18. The van der Waals surface area contributed by atoms with Crippen LogP contribution < -0.4 is 0 Å². The molecule has 80 valence electrons. The van der Waals surface area contributed by atoms with E-state index >= 15 is 0 Å². The van der Waals surface area contributed by atoms with Gasteiger partial charge in [-0.1, -0.05) is 54.6 Å². The number of hydrogen-bond acceptors (Lipinski definition) is 1. The molecule has 0 aliphatic carbocycles. The number of aromatic nitrogens is 1. The van der Waals surface area contributed by atoms with Crippen molar-refractivity contribution in [3.63, 3.8) is 0 Å². The Bertz CT molecular complexity index is 483. The van der Waals surface area contributed by atoms with Crippen molar-refractivity contribution in [1.82, 2.24) is 4.98 Å². The normalized spacial score (nSPS) is 9.50. The van der Waals surface area contributed by atoms with Crippen LogP contribution in [0.15, 0.2) is 66.7 Å². The summed E-state index contributed by atoms with van der Waals surface area (Å²) in [5.74, 6) is 0.223. The molecule has 0 saturated heterocycles. The summed E-state index contributed by atoms with van der Waals surface area (Å²) in [6.07, 6.45) is 0. The second kappa shape index (κ2) is 5.03. The summed E-state index contributed by atoms with van der Waals surface area (Å²) in [7, 11) is 0. The predicted octanol–water partition coefficient (Wildman–Crippen LogP) is 3.56.